The minimum Gasteiger partial charge on any atom is -0.406 e. The Balaban J connectivity index is 0.885. The molecule has 3 N–H and O–H groups in total. The van der Waals surface area contributed by atoms with Gasteiger partial charge in [0, 0.05) is 119 Å². The van der Waals surface area contributed by atoms with Gasteiger partial charge in [0.15, 0.2) is 0 Å². The van der Waals surface area contributed by atoms with E-state index in [2.05, 4.69) is 72.1 Å². The molecule has 2 bridgehead atoms. The molecule has 0 aliphatic carbocycles. The van der Waals surface area contributed by atoms with Crippen molar-refractivity contribution in [2.24, 2.45) is 0 Å². The fourth-order valence-electron chi connectivity index (χ4n) is 9.87. The van der Waals surface area contributed by atoms with E-state index in [0.717, 1.165) is 122 Å². The van der Waals surface area contributed by atoms with Gasteiger partial charge in [-0.2, -0.15) is 0 Å². The maximum absolute atomic E-state index is 13.0. The summed E-state index contributed by atoms with van der Waals surface area (Å²) < 4.78 is 45.6. The van der Waals surface area contributed by atoms with E-state index in [9.17, 15) is 13.2 Å². The first-order chi connectivity index (χ1) is 30.9. The van der Waals surface area contributed by atoms with Crippen LogP contribution in [0.2, 0.25) is 15.1 Å². The highest BCUT2D eigenvalue weighted by Crippen LogP contribution is 2.38. The van der Waals surface area contributed by atoms with Crippen LogP contribution < -0.4 is 20.7 Å². The van der Waals surface area contributed by atoms with Gasteiger partial charge in [0.25, 0.3) is 0 Å². The number of nitrogens with one attached hydrogen (secondary N) is 3. The quantitative estimate of drug-likeness (QED) is 0.0836. The van der Waals surface area contributed by atoms with Gasteiger partial charge in [0.05, 0.1) is 11.2 Å². The average molecular weight is 929 g/mol. The van der Waals surface area contributed by atoms with Gasteiger partial charge in [-0.15, -0.1) is 13.2 Å². The number of aromatic nitrogens is 2. The lowest BCUT2D eigenvalue weighted by molar-refractivity contribution is -0.274. The molecule has 0 spiro atoms. The van der Waals surface area contributed by atoms with Crippen molar-refractivity contribution in [1.29, 1.82) is 0 Å². The molecule has 334 valence electrons. The number of hydrogen-bond acceptors (Lipinski definition) is 7. The molecule has 3 aliphatic heterocycles. The summed E-state index contributed by atoms with van der Waals surface area (Å²) in [5, 5.41) is 14.2. The number of alkyl halides is 3. The summed E-state index contributed by atoms with van der Waals surface area (Å²) in [5.74, 6) is -0.245. The zero-order valence-corrected chi connectivity index (χ0v) is 37.7. The normalized spacial score (nSPS) is 18.8. The number of benzene rings is 4. The highest BCUT2D eigenvalue weighted by molar-refractivity contribution is 6.36. The molecule has 2 unspecified atom stereocenters. The highest BCUT2D eigenvalue weighted by Gasteiger charge is 2.43. The Hall–Kier alpha value is -4.59. The van der Waals surface area contributed by atoms with E-state index < -0.39 is 6.36 Å². The molecule has 3 saturated heterocycles. The van der Waals surface area contributed by atoms with E-state index in [1.54, 1.807) is 12.1 Å². The van der Waals surface area contributed by atoms with E-state index in [-0.39, 0.29) is 11.3 Å². The van der Waals surface area contributed by atoms with Crippen LogP contribution in [0.5, 0.6) is 5.75 Å². The Morgan fingerprint density at radius 2 is 1.59 bits per heavy atom. The molecule has 3 aliphatic rings. The number of ether oxygens (including phenoxy) is 1. The average Bonchev–Trinajstić information content (AvgIpc) is 3.98. The number of halogens is 6. The van der Waals surface area contributed by atoms with Gasteiger partial charge in [-0.3, -0.25) is 14.8 Å². The van der Waals surface area contributed by atoms with Crippen molar-refractivity contribution in [1.82, 2.24) is 35.3 Å². The summed E-state index contributed by atoms with van der Waals surface area (Å²) >= 11 is 19.4. The molecule has 2 atom stereocenters. The summed E-state index contributed by atoms with van der Waals surface area (Å²) in [6.07, 6.45) is 2.88. The number of pyridine rings is 1. The van der Waals surface area contributed by atoms with Crippen molar-refractivity contribution in [3.05, 3.63) is 153 Å². The van der Waals surface area contributed by atoms with Gasteiger partial charge in [-0.1, -0.05) is 83.8 Å². The smallest absolute Gasteiger partial charge is 0.406 e. The second kappa shape index (κ2) is 19.1. The minimum atomic E-state index is -4.76. The summed E-state index contributed by atoms with van der Waals surface area (Å²) in [7, 11) is 0. The molecule has 0 amide bonds. The van der Waals surface area contributed by atoms with Crippen LogP contribution in [0.15, 0.2) is 122 Å². The van der Waals surface area contributed by atoms with Crippen LogP contribution in [-0.4, -0.2) is 76.1 Å². The van der Waals surface area contributed by atoms with Gasteiger partial charge in [0.1, 0.15) is 5.75 Å². The van der Waals surface area contributed by atoms with Crippen molar-refractivity contribution < 1.29 is 17.9 Å². The van der Waals surface area contributed by atoms with Crippen molar-refractivity contribution in [2.75, 3.05) is 32.7 Å². The maximum atomic E-state index is 13.0. The SMILES string of the molecule is C=C(NCCCn1cc(-c2ccc(OC(F)(F)F)cc2)c2cc(CN3CC4CC3CN4Cc3c(Cl)cccc3Cl)ccc21)C1(NCc2cccnc2-c2cccc(Cl)c2)CCNCC1. The predicted molar refractivity (Wildman–Crippen MR) is 252 cm³/mol. The zero-order chi connectivity index (χ0) is 44.4. The lowest BCUT2D eigenvalue weighted by atomic mass is 9.85. The maximum Gasteiger partial charge on any atom is 0.573 e. The van der Waals surface area contributed by atoms with Crippen molar-refractivity contribution in [2.45, 2.75) is 75.8 Å². The number of fused-ring (bicyclic) bond motifs is 3. The Morgan fingerprint density at radius 3 is 2.31 bits per heavy atom. The second-order valence-corrected chi connectivity index (χ2v) is 18.5. The number of nitrogens with zero attached hydrogens (tertiary/aromatic N) is 4. The summed E-state index contributed by atoms with van der Waals surface area (Å²) in [6.45, 7) is 11.8. The molecule has 14 heteroatoms. The number of rotatable bonds is 16. The van der Waals surface area contributed by atoms with Crippen LogP contribution >= 0.6 is 34.8 Å². The largest absolute Gasteiger partial charge is 0.573 e. The molecule has 8 nitrogen and oxygen atoms in total. The first-order valence-electron chi connectivity index (χ1n) is 21.9. The lowest BCUT2D eigenvalue weighted by Gasteiger charge is -2.41. The molecule has 6 aromatic rings. The summed E-state index contributed by atoms with van der Waals surface area (Å²) in [6, 6.07) is 31.2. The van der Waals surface area contributed by atoms with E-state index in [0.29, 0.717) is 40.2 Å². The van der Waals surface area contributed by atoms with E-state index >= 15 is 0 Å². The van der Waals surface area contributed by atoms with Crippen LogP contribution in [0.25, 0.3) is 33.3 Å². The topological polar surface area (TPSA) is 69.6 Å². The molecule has 4 aromatic carbocycles. The zero-order valence-electron chi connectivity index (χ0n) is 35.4. The number of piperidine rings is 1. The molecule has 64 heavy (non-hydrogen) atoms. The van der Waals surface area contributed by atoms with Crippen molar-refractivity contribution in [3.63, 3.8) is 0 Å². The second-order valence-electron chi connectivity index (χ2n) is 17.2. The van der Waals surface area contributed by atoms with Crippen molar-refractivity contribution in [3.8, 4) is 28.1 Å². The third-order valence-corrected chi connectivity index (χ3v) is 14.1. The van der Waals surface area contributed by atoms with Gasteiger partial charge in [0.2, 0.25) is 0 Å². The molecule has 0 radical (unpaired) electrons. The Kier molecular flexibility index (Phi) is 13.3. The Labute approximate surface area is 387 Å². The predicted octanol–water partition coefficient (Wildman–Crippen LogP) is 11.1. The standard InChI is InChI=1S/C50H51Cl3F3N7O/c1-33(49(17-21-57-22-18-49)60-27-37-7-4-19-59-48(37)36-6-2-8-38(51)25-36)58-20-5-23-61-31-43(35-12-14-41(15-13-35)64-50(54,55)56)42-24-34(11-16-47(42)61)28-62-29-40-26-39(62)30-63(40)32-44-45(52)9-3-10-46(44)53/h2-4,6-16,19,24-25,31,39-40,57-58,60H,1,5,17-18,20-23,26-30,32H2. The third-order valence-electron chi connectivity index (χ3n) is 13.2. The first-order valence-corrected chi connectivity index (χ1v) is 23.0. The van der Waals surface area contributed by atoms with E-state index in [1.807, 2.05) is 54.7 Å². The van der Waals surface area contributed by atoms with Crippen LogP contribution in [-0.2, 0) is 26.2 Å². The molecular weight excluding hydrogens is 878 g/mol. The molecule has 3 fully saturated rings. The summed E-state index contributed by atoms with van der Waals surface area (Å²) in [5.41, 5.74) is 8.66. The van der Waals surface area contributed by atoms with Gasteiger partial charge in [-0.05, 0) is 110 Å². The number of likely N-dealkylation sites (tertiary alicyclic amines) is 2. The third kappa shape index (κ3) is 9.96. The number of aryl methyl sites for hydroxylation is 1. The van der Waals surface area contributed by atoms with E-state index in [1.165, 1.54) is 17.7 Å². The van der Waals surface area contributed by atoms with Gasteiger partial charge in [-0.25, -0.2) is 0 Å². The molecular formula is C50H51Cl3F3N7O. The number of hydrogen-bond donors (Lipinski definition) is 3. The van der Waals surface area contributed by atoms with Crippen molar-refractivity contribution >= 4 is 45.7 Å². The minimum absolute atomic E-state index is 0.245. The van der Waals surface area contributed by atoms with Gasteiger partial charge < -0.3 is 25.3 Å². The lowest BCUT2D eigenvalue weighted by Crippen LogP contribution is -2.55. The van der Waals surface area contributed by atoms with E-state index in [4.69, 9.17) is 39.8 Å². The van der Waals surface area contributed by atoms with Crippen LogP contribution in [0.1, 0.15) is 42.4 Å². The van der Waals surface area contributed by atoms with Crippen LogP contribution in [0.3, 0.4) is 0 Å². The molecule has 5 heterocycles. The van der Waals surface area contributed by atoms with Crippen LogP contribution in [0, 0.1) is 0 Å². The highest BCUT2D eigenvalue weighted by atomic mass is 35.5. The fourth-order valence-corrected chi connectivity index (χ4v) is 10.6. The molecule has 9 rings (SSSR count). The fraction of sp³-hybridized carbons (Fsp3) is 0.340. The monoisotopic (exact) mass is 927 g/mol. The Bertz CT molecular complexity index is 2590. The number of piperazine rings is 1. The van der Waals surface area contributed by atoms with Gasteiger partial charge >= 0.3 is 6.36 Å². The first kappa shape index (κ1) is 44.6. The molecule has 0 saturated carbocycles. The Morgan fingerprint density at radius 1 is 0.859 bits per heavy atom. The van der Waals surface area contributed by atoms with Crippen LogP contribution in [0.4, 0.5) is 13.2 Å². The molecule has 2 aromatic heterocycles. The summed E-state index contributed by atoms with van der Waals surface area (Å²) in [4.78, 5) is 9.77.